The van der Waals surface area contributed by atoms with Crippen molar-refractivity contribution in [3.05, 3.63) is 35.9 Å². The summed E-state index contributed by atoms with van der Waals surface area (Å²) < 4.78 is 1.18. The summed E-state index contributed by atoms with van der Waals surface area (Å²) in [7, 11) is 0. The van der Waals surface area contributed by atoms with E-state index in [9.17, 15) is 9.59 Å². The SMILES string of the molecule is Cc1ncccc1NC(=O)NCc1cn(CC(=O)O)nn1. The van der Waals surface area contributed by atoms with Crippen LogP contribution in [0.3, 0.4) is 0 Å². The summed E-state index contributed by atoms with van der Waals surface area (Å²) in [6.45, 7) is 1.66. The summed E-state index contributed by atoms with van der Waals surface area (Å²) >= 11 is 0. The van der Waals surface area contributed by atoms with Crippen molar-refractivity contribution in [2.24, 2.45) is 0 Å². The topological polar surface area (TPSA) is 122 Å². The lowest BCUT2D eigenvalue weighted by atomic mass is 10.3. The summed E-state index contributed by atoms with van der Waals surface area (Å²) in [4.78, 5) is 26.3. The fourth-order valence-electron chi connectivity index (χ4n) is 1.59. The van der Waals surface area contributed by atoms with Gasteiger partial charge in [-0.1, -0.05) is 5.21 Å². The highest BCUT2D eigenvalue weighted by molar-refractivity contribution is 5.89. The number of carboxylic acids is 1. The van der Waals surface area contributed by atoms with Crippen molar-refractivity contribution in [3.63, 3.8) is 0 Å². The number of carbonyl (C=O) groups is 2. The first-order valence-corrected chi connectivity index (χ1v) is 6.12. The van der Waals surface area contributed by atoms with Crippen LogP contribution in [0.2, 0.25) is 0 Å². The number of urea groups is 1. The second kappa shape index (κ2) is 6.46. The number of aryl methyl sites for hydroxylation is 1. The van der Waals surface area contributed by atoms with Gasteiger partial charge in [-0.15, -0.1) is 5.10 Å². The van der Waals surface area contributed by atoms with Gasteiger partial charge in [0.1, 0.15) is 12.2 Å². The number of pyridine rings is 1. The molecule has 2 heterocycles. The standard InChI is InChI=1S/C12H14N6O3/c1-8-10(3-2-4-13-8)15-12(21)14-5-9-6-18(17-16-9)7-11(19)20/h2-4,6H,5,7H2,1H3,(H,19,20)(H2,14,15,21). The number of hydrogen-bond acceptors (Lipinski definition) is 5. The van der Waals surface area contributed by atoms with Gasteiger partial charge in [0.15, 0.2) is 0 Å². The highest BCUT2D eigenvalue weighted by Gasteiger charge is 2.07. The van der Waals surface area contributed by atoms with Crippen molar-refractivity contribution in [1.29, 1.82) is 0 Å². The predicted molar refractivity (Wildman–Crippen MR) is 72.5 cm³/mol. The maximum absolute atomic E-state index is 11.7. The molecule has 0 atom stereocenters. The number of hydrogen-bond donors (Lipinski definition) is 3. The number of aliphatic carboxylic acids is 1. The fourth-order valence-corrected chi connectivity index (χ4v) is 1.59. The third-order valence-corrected chi connectivity index (χ3v) is 2.57. The number of anilines is 1. The van der Waals surface area contributed by atoms with Crippen LogP contribution in [0.4, 0.5) is 10.5 Å². The minimum Gasteiger partial charge on any atom is -0.480 e. The molecule has 0 fully saturated rings. The van der Waals surface area contributed by atoms with Crippen LogP contribution >= 0.6 is 0 Å². The van der Waals surface area contributed by atoms with Gasteiger partial charge in [-0.2, -0.15) is 0 Å². The van der Waals surface area contributed by atoms with Crippen molar-refractivity contribution in [2.45, 2.75) is 20.0 Å². The van der Waals surface area contributed by atoms with Crippen LogP contribution in [0.1, 0.15) is 11.4 Å². The first-order chi connectivity index (χ1) is 10.0. The van der Waals surface area contributed by atoms with Crippen molar-refractivity contribution in [3.8, 4) is 0 Å². The molecule has 2 aromatic heterocycles. The number of nitrogens with one attached hydrogen (secondary N) is 2. The molecule has 3 N–H and O–H groups in total. The highest BCUT2D eigenvalue weighted by atomic mass is 16.4. The van der Waals surface area contributed by atoms with Gasteiger partial charge in [0.05, 0.1) is 24.1 Å². The number of carboxylic acid groups (broad SMARTS) is 1. The van der Waals surface area contributed by atoms with E-state index in [-0.39, 0.29) is 13.1 Å². The van der Waals surface area contributed by atoms with E-state index in [1.807, 2.05) is 0 Å². The molecule has 0 radical (unpaired) electrons. The first kappa shape index (κ1) is 14.4. The van der Waals surface area contributed by atoms with Crippen molar-refractivity contribution in [1.82, 2.24) is 25.3 Å². The van der Waals surface area contributed by atoms with E-state index in [4.69, 9.17) is 5.11 Å². The van der Waals surface area contributed by atoms with E-state index < -0.39 is 12.0 Å². The Kier molecular flexibility index (Phi) is 4.44. The number of aromatic nitrogens is 4. The Hall–Kier alpha value is -2.97. The van der Waals surface area contributed by atoms with Gasteiger partial charge in [0, 0.05) is 6.20 Å². The highest BCUT2D eigenvalue weighted by Crippen LogP contribution is 2.09. The van der Waals surface area contributed by atoms with E-state index in [0.717, 1.165) is 0 Å². The monoisotopic (exact) mass is 290 g/mol. The molecule has 21 heavy (non-hydrogen) atoms. The fraction of sp³-hybridized carbons (Fsp3) is 0.250. The molecule has 2 amide bonds. The second-order valence-corrected chi connectivity index (χ2v) is 4.25. The largest absolute Gasteiger partial charge is 0.480 e. The number of amides is 2. The Labute approximate surface area is 120 Å². The number of nitrogens with zero attached hydrogens (tertiary/aromatic N) is 4. The van der Waals surface area contributed by atoms with E-state index in [0.29, 0.717) is 17.1 Å². The van der Waals surface area contributed by atoms with Gasteiger partial charge in [-0.25, -0.2) is 9.48 Å². The number of rotatable bonds is 5. The molecule has 9 nitrogen and oxygen atoms in total. The minimum atomic E-state index is -1.01. The van der Waals surface area contributed by atoms with Gasteiger partial charge < -0.3 is 15.7 Å². The zero-order valence-electron chi connectivity index (χ0n) is 11.3. The van der Waals surface area contributed by atoms with Crippen molar-refractivity contribution < 1.29 is 14.7 Å². The first-order valence-electron chi connectivity index (χ1n) is 6.12. The molecule has 0 saturated heterocycles. The Balaban J connectivity index is 1.85. The van der Waals surface area contributed by atoms with E-state index in [2.05, 4.69) is 25.9 Å². The molecule has 0 aromatic carbocycles. The molecule has 0 bridgehead atoms. The molecule has 0 aliphatic carbocycles. The molecule has 0 aliphatic heterocycles. The maximum Gasteiger partial charge on any atom is 0.325 e. The average molecular weight is 290 g/mol. The predicted octanol–water partition coefficient (Wildman–Crippen LogP) is 0.388. The summed E-state index contributed by atoms with van der Waals surface area (Å²) in [5.41, 5.74) is 1.79. The third-order valence-electron chi connectivity index (χ3n) is 2.57. The zero-order valence-corrected chi connectivity index (χ0v) is 11.3. The zero-order chi connectivity index (χ0) is 15.2. The lowest BCUT2D eigenvalue weighted by Gasteiger charge is -2.07. The van der Waals surface area contributed by atoms with Crippen molar-refractivity contribution in [2.75, 3.05) is 5.32 Å². The Morgan fingerprint density at radius 1 is 1.43 bits per heavy atom. The van der Waals surface area contributed by atoms with E-state index in [1.54, 1.807) is 25.3 Å². The van der Waals surface area contributed by atoms with Gasteiger partial charge in [0.25, 0.3) is 0 Å². The van der Waals surface area contributed by atoms with Crippen LogP contribution in [0, 0.1) is 6.92 Å². The molecule has 0 unspecified atom stereocenters. The van der Waals surface area contributed by atoms with Crippen LogP contribution in [-0.2, 0) is 17.9 Å². The maximum atomic E-state index is 11.7. The van der Waals surface area contributed by atoms with Crippen LogP contribution in [0.5, 0.6) is 0 Å². The van der Waals surface area contributed by atoms with Gasteiger partial charge in [-0.05, 0) is 19.1 Å². The number of carbonyl (C=O) groups excluding carboxylic acids is 1. The molecule has 110 valence electrons. The summed E-state index contributed by atoms with van der Waals surface area (Å²) in [6, 6.07) is 3.06. The van der Waals surface area contributed by atoms with Gasteiger partial charge in [-0.3, -0.25) is 9.78 Å². The average Bonchev–Trinajstić information content (AvgIpc) is 2.86. The Morgan fingerprint density at radius 3 is 2.95 bits per heavy atom. The summed E-state index contributed by atoms with van der Waals surface area (Å²) in [5.74, 6) is -1.01. The van der Waals surface area contributed by atoms with Crippen molar-refractivity contribution >= 4 is 17.7 Å². The molecular formula is C12H14N6O3. The molecule has 9 heteroatoms. The molecule has 2 aromatic rings. The van der Waals surface area contributed by atoms with Crippen LogP contribution in [-0.4, -0.2) is 37.1 Å². The summed E-state index contributed by atoms with van der Waals surface area (Å²) in [5, 5.41) is 21.3. The molecule has 0 saturated carbocycles. The quantitative estimate of drug-likeness (QED) is 0.732. The smallest absolute Gasteiger partial charge is 0.325 e. The van der Waals surface area contributed by atoms with Gasteiger partial charge >= 0.3 is 12.0 Å². The lowest BCUT2D eigenvalue weighted by Crippen LogP contribution is -2.28. The Bertz CT molecular complexity index is 654. The molecular weight excluding hydrogens is 276 g/mol. The van der Waals surface area contributed by atoms with Crippen LogP contribution < -0.4 is 10.6 Å². The van der Waals surface area contributed by atoms with E-state index >= 15 is 0 Å². The molecule has 0 aliphatic rings. The lowest BCUT2D eigenvalue weighted by molar-refractivity contribution is -0.137. The Morgan fingerprint density at radius 2 is 2.24 bits per heavy atom. The van der Waals surface area contributed by atoms with Gasteiger partial charge in [0.2, 0.25) is 0 Å². The summed E-state index contributed by atoms with van der Waals surface area (Å²) in [6.07, 6.45) is 3.10. The minimum absolute atomic E-state index is 0.144. The second-order valence-electron chi connectivity index (χ2n) is 4.25. The van der Waals surface area contributed by atoms with E-state index in [1.165, 1.54) is 10.9 Å². The third kappa shape index (κ3) is 4.27. The van der Waals surface area contributed by atoms with Crippen LogP contribution in [0.25, 0.3) is 0 Å². The van der Waals surface area contributed by atoms with Crippen LogP contribution in [0.15, 0.2) is 24.5 Å². The molecule has 0 spiro atoms. The molecule has 2 rings (SSSR count). The normalized spacial score (nSPS) is 10.1.